The molecule has 2 atom stereocenters. The summed E-state index contributed by atoms with van der Waals surface area (Å²) in [6, 6.07) is -0.0777. The average molecular weight is 257 g/mol. The fraction of sp³-hybridized carbons (Fsp3) is 0.667. The van der Waals surface area contributed by atoms with Crippen molar-refractivity contribution in [3.05, 3.63) is 12.2 Å². The lowest BCUT2D eigenvalue weighted by Crippen LogP contribution is -2.37. The van der Waals surface area contributed by atoms with E-state index in [0.717, 1.165) is 0 Å². The molecule has 6 heteroatoms. The van der Waals surface area contributed by atoms with Crippen molar-refractivity contribution in [2.75, 3.05) is 13.2 Å². The summed E-state index contributed by atoms with van der Waals surface area (Å²) in [6.45, 7) is 4.11. The van der Waals surface area contributed by atoms with Gasteiger partial charge in [0.25, 0.3) is 0 Å². The van der Waals surface area contributed by atoms with Gasteiger partial charge in [0.15, 0.2) is 0 Å². The summed E-state index contributed by atoms with van der Waals surface area (Å²) in [7, 11) is 0. The van der Waals surface area contributed by atoms with Crippen LogP contribution in [0.25, 0.3) is 0 Å². The van der Waals surface area contributed by atoms with E-state index in [0.29, 0.717) is 26.1 Å². The molecule has 1 amide bonds. The molecule has 0 aromatic rings. The van der Waals surface area contributed by atoms with Crippen molar-refractivity contribution >= 4 is 12.2 Å². The quantitative estimate of drug-likeness (QED) is 0.616. The summed E-state index contributed by atoms with van der Waals surface area (Å²) < 4.78 is 14.5. The number of nitrogens with one attached hydrogen (secondary N) is 1. The van der Waals surface area contributed by atoms with Gasteiger partial charge < -0.3 is 19.5 Å². The molecule has 0 spiro atoms. The van der Waals surface area contributed by atoms with Crippen LogP contribution in [-0.2, 0) is 14.2 Å². The average Bonchev–Trinajstić information content (AvgIpc) is 2.32. The Kier molecular flexibility index (Phi) is 6.04. The van der Waals surface area contributed by atoms with E-state index >= 15 is 0 Å². The van der Waals surface area contributed by atoms with E-state index in [4.69, 9.17) is 9.47 Å². The summed E-state index contributed by atoms with van der Waals surface area (Å²) in [6.07, 6.45) is 3.50. The molecule has 1 aliphatic carbocycles. The van der Waals surface area contributed by atoms with Crippen LogP contribution in [0.4, 0.5) is 9.59 Å². The van der Waals surface area contributed by atoms with Gasteiger partial charge in [0.1, 0.15) is 6.10 Å². The first kappa shape index (κ1) is 14.3. The Balaban J connectivity index is 2.31. The fourth-order valence-corrected chi connectivity index (χ4v) is 1.61. The van der Waals surface area contributed by atoms with Crippen molar-refractivity contribution < 1.29 is 23.8 Å². The molecule has 0 bridgehead atoms. The third-order valence-corrected chi connectivity index (χ3v) is 2.41. The SMILES string of the molecule is CCOC(=O)N[C@@H]1C=C[C@H](OC(=O)OCC)CC1. The highest BCUT2D eigenvalue weighted by Crippen LogP contribution is 2.15. The van der Waals surface area contributed by atoms with E-state index in [1.54, 1.807) is 26.0 Å². The summed E-state index contributed by atoms with van der Waals surface area (Å²) in [5, 5.41) is 2.70. The number of hydrogen-bond donors (Lipinski definition) is 1. The number of amides is 1. The highest BCUT2D eigenvalue weighted by Gasteiger charge is 2.20. The third-order valence-electron chi connectivity index (χ3n) is 2.41. The van der Waals surface area contributed by atoms with Crippen molar-refractivity contribution in [2.24, 2.45) is 0 Å². The van der Waals surface area contributed by atoms with Crippen molar-refractivity contribution in [2.45, 2.75) is 38.8 Å². The Morgan fingerprint density at radius 3 is 2.44 bits per heavy atom. The molecule has 102 valence electrons. The second-order valence-corrected chi connectivity index (χ2v) is 3.77. The minimum Gasteiger partial charge on any atom is -0.450 e. The van der Waals surface area contributed by atoms with Gasteiger partial charge in [0.05, 0.1) is 19.3 Å². The monoisotopic (exact) mass is 257 g/mol. The molecule has 0 aliphatic heterocycles. The standard InChI is InChI=1S/C12H19NO5/c1-3-16-11(14)13-9-5-7-10(8-6-9)18-12(15)17-4-2/h5,7,9-10H,3-4,6,8H2,1-2H3,(H,13,14)/t9-,10+/m1/s1. The first-order valence-electron chi connectivity index (χ1n) is 6.10. The molecule has 0 saturated carbocycles. The molecule has 1 N–H and O–H groups in total. The molecule has 0 aromatic carbocycles. The zero-order valence-corrected chi connectivity index (χ0v) is 10.7. The van der Waals surface area contributed by atoms with E-state index in [-0.39, 0.29) is 12.1 Å². The Labute approximate surface area is 106 Å². The van der Waals surface area contributed by atoms with Crippen molar-refractivity contribution in [3.8, 4) is 0 Å². The second-order valence-electron chi connectivity index (χ2n) is 3.77. The van der Waals surface area contributed by atoms with Gasteiger partial charge in [-0.2, -0.15) is 0 Å². The molecule has 0 unspecified atom stereocenters. The van der Waals surface area contributed by atoms with Gasteiger partial charge in [-0.3, -0.25) is 0 Å². The summed E-state index contributed by atoms with van der Waals surface area (Å²) in [5.74, 6) is 0. The van der Waals surface area contributed by atoms with Crippen LogP contribution in [-0.4, -0.2) is 37.6 Å². The maximum atomic E-state index is 11.2. The maximum absolute atomic E-state index is 11.2. The second kappa shape index (κ2) is 7.58. The first-order chi connectivity index (χ1) is 8.65. The van der Waals surface area contributed by atoms with Crippen LogP contribution in [0.1, 0.15) is 26.7 Å². The molecule has 0 heterocycles. The van der Waals surface area contributed by atoms with E-state index < -0.39 is 12.2 Å². The number of hydrogen-bond acceptors (Lipinski definition) is 5. The van der Waals surface area contributed by atoms with Crippen LogP contribution in [0.2, 0.25) is 0 Å². The lowest BCUT2D eigenvalue weighted by Gasteiger charge is -2.23. The highest BCUT2D eigenvalue weighted by molar-refractivity contribution is 5.67. The first-order valence-corrected chi connectivity index (χ1v) is 6.10. The van der Waals surface area contributed by atoms with Crippen LogP contribution < -0.4 is 5.32 Å². The zero-order valence-electron chi connectivity index (χ0n) is 10.7. The van der Waals surface area contributed by atoms with Gasteiger partial charge in [-0.05, 0) is 32.8 Å². The number of ether oxygens (including phenoxy) is 3. The van der Waals surface area contributed by atoms with Gasteiger partial charge in [-0.15, -0.1) is 0 Å². The van der Waals surface area contributed by atoms with Gasteiger partial charge in [-0.1, -0.05) is 6.08 Å². The van der Waals surface area contributed by atoms with Gasteiger partial charge in [0.2, 0.25) is 0 Å². The minimum absolute atomic E-state index is 0.0777. The molecule has 0 saturated heterocycles. The van der Waals surface area contributed by atoms with Gasteiger partial charge >= 0.3 is 12.2 Å². The molecular weight excluding hydrogens is 238 g/mol. The van der Waals surface area contributed by atoms with E-state index in [9.17, 15) is 9.59 Å². The Bertz CT molecular complexity index is 286. The van der Waals surface area contributed by atoms with Crippen molar-refractivity contribution in [1.82, 2.24) is 5.32 Å². The molecule has 0 fully saturated rings. The Hall–Kier alpha value is -1.72. The predicted octanol–water partition coefficient (Wildman–Crippen LogP) is 1.99. The lowest BCUT2D eigenvalue weighted by atomic mass is 10.0. The van der Waals surface area contributed by atoms with Gasteiger partial charge in [-0.25, -0.2) is 9.59 Å². The van der Waals surface area contributed by atoms with E-state index in [1.165, 1.54) is 0 Å². The van der Waals surface area contributed by atoms with E-state index in [2.05, 4.69) is 10.1 Å². The number of carbonyl (C=O) groups excluding carboxylic acids is 2. The topological polar surface area (TPSA) is 73.9 Å². The normalized spacial score (nSPS) is 22.1. The molecule has 1 rings (SSSR count). The minimum atomic E-state index is -0.663. The lowest BCUT2D eigenvalue weighted by molar-refractivity contribution is 0.0356. The largest absolute Gasteiger partial charge is 0.508 e. The number of rotatable bonds is 4. The Morgan fingerprint density at radius 1 is 1.17 bits per heavy atom. The number of alkyl carbamates (subject to hydrolysis) is 1. The molecular formula is C12H19NO5. The maximum Gasteiger partial charge on any atom is 0.508 e. The zero-order chi connectivity index (χ0) is 13.4. The Morgan fingerprint density at radius 2 is 1.89 bits per heavy atom. The smallest absolute Gasteiger partial charge is 0.450 e. The molecule has 0 radical (unpaired) electrons. The predicted molar refractivity (Wildman–Crippen MR) is 64.2 cm³/mol. The molecule has 0 aromatic heterocycles. The summed E-state index contributed by atoms with van der Waals surface area (Å²) >= 11 is 0. The fourth-order valence-electron chi connectivity index (χ4n) is 1.61. The van der Waals surface area contributed by atoms with Crippen molar-refractivity contribution in [1.29, 1.82) is 0 Å². The van der Waals surface area contributed by atoms with E-state index in [1.807, 2.05) is 0 Å². The summed E-state index contributed by atoms with van der Waals surface area (Å²) in [4.78, 5) is 22.3. The third kappa shape index (κ3) is 5.07. The molecule has 18 heavy (non-hydrogen) atoms. The van der Waals surface area contributed by atoms with Crippen LogP contribution >= 0.6 is 0 Å². The molecule has 6 nitrogen and oxygen atoms in total. The van der Waals surface area contributed by atoms with Crippen LogP contribution in [0.3, 0.4) is 0 Å². The van der Waals surface area contributed by atoms with Crippen LogP contribution in [0.5, 0.6) is 0 Å². The number of carbonyl (C=O) groups is 2. The van der Waals surface area contributed by atoms with Crippen LogP contribution in [0.15, 0.2) is 12.2 Å². The van der Waals surface area contributed by atoms with Crippen molar-refractivity contribution in [3.63, 3.8) is 0 Å². The van der Waals surface area contributed by atoms with Crippen LogP contribution in [0, 0.1) is 0 Å². The summed E-state index contributed by atoms with van der Waals surface area (Å²) in [5.41, 5.74) is 0. The van der Waals surface area contributed by atoms with Gasteiger partial charge in [0, 0.05) is 0 Å². The highest BCUT2D eigenvalue weighted by atomic mass is 16.7. The molecule has 1 aliphatic rings.